The van der Waals surface area contributed by atoms with Gasteiger partial charge in [0.2, 0.25) is 11.8 Å². The highest BCUT2D eigenvalue weighted by Crippen LogP contribution is 2.30. The SMILES string of the molecule is CCNC(=O)[C@@H](Cc1ccccc1)N(Cc1cccc(Cl)c1)C(=O)CN1C(=O)c2ccccc2S1(=O)=O. The summed E-state index contributed by atoms with van der Waals surface area (Å²) in [7, 11) is -4.20. The molecule has 0 radical (unpaired) electrons. The number of amides is 3. The predicted octanol–water partition coefficient (Wildman–Crippen LogP) is 3.26. The van der Waals surface area contributed by atoms with Gasteiger partial charge in [-0.1, -0.05) is 66.2 Å². The molecule has 0 saturated carbocycles. The topological polar surface area (TPSA) is 104 Å². The lowest BCUT2D eigenvalue weighted by Gasteiger charge is -2.32. The van der Waals surface area contributed by atoms with E-state index >= 15 is 0 Å². The average Bonchev–Trinajstić information content (AvgIpc) is 3.07. The summed E-state index contributed by atoms with van der Waals surface area (Å²) in [6.07, 6.45) is 0.194. The third-order valence-electron chi connectivity index (χ3n) is 6.05. The monoisotopic (exact) mass is 539 g/mol. The van der Waals surface area contributed by atoms with Crippen LogP contribution in [0.4, 0.5) is 0 Å². The van der Waals surface area contributed by atoms with Gasteiger partial charge in [-0.05, 0) is 42.3 Å². The minimum absolute atomic E-state index is 0.0109. The highest BCUT2D eigenvalue weighted by molar-refractivity contribution is 7.90. The highest BCUT2D eigenvalue weighted by atomic mass is 35.5. The molecule has 10 heteroatoms. The molecule has 1 N–H and O–H groups in total. The first kappa shape index (κ1) is 26.4. The summed E-state index contributed by atoms with van der Waals surface area (Å²) in [6.45, 7) is 1.37. The molecule has 1 aliphatic heterocycles. The van der Waals surface area contributed by atoms with Crippen LogP contribution in [0.1, 0.15) is 28.4 Å². The fourth-order valence-corrected chi connectivity index (χ4v) is 6.01. The van der Waals surface area contributed by atoms with E-state index in [0.717, 1.165) is 5.56 Å². The Morgan fingerprint density at radius 1 is 0.973 bits per heavy atom. The average molecular weight is 540 g/mol. The van der Waals surface area contributed by atoms with Crippen molar-refractivity contribution in [3.05, 3.63) is 101 Å². The number of carbonyl (C=O) groups is 3. The molecule has 4 rings (SSSR count). The number of hydrogen-bond acceptors (Lipinski definition) is 5. The van der Waals surface area contributed by atoms with Gasteiger partial charge in [-0.2, -0.15) is 0 Å². The zero-order chi connectivity index (χ0) is 26.6. The van der Waals surface area contributed by atoms with Crippen molar-refractivity contribution in [1.82, 2.24) is 14.5 Å². The molecule has 8 nitrogen and oxygen atoms in total. The van der Waals surface area contributed by atoms with Gasteiger partial charge < -0.3 is 10.2 Å². The van der Waals surface area contributed by atoms with Gasteiger partial charge in [-0.3, -0.25) is 14.4 Å². The van der Waals surface area contributed by atoms with Crippen LogP contribution in [0.15, 0.2) is 83.8 Å². The quantitative estimate of drug-likeness (QED) is 0.449. The normalized spacial score (nSPS) is 14.6. The Kier molecular flexibility index (Phi) is 7.94. The van der Waals surface area contributed by atoms with Gasteiger partial charge in [0.25, 0.3) is 15.9 Å². The van der Waals surface area contributed by atoms with Crippen molar-refractivity contribution in [3.63, 3.8) is 0 Å². The standard InChI is InChI=1S/C27H26ClN3O5S/c1-2-29-26(33)23(16-19-9-4-3-5-10-19)30(17-20-11-8-12-21(28)15-20)25(32)18-31-27(34)22-13-6-7-14-24(22)37(31,35)36/h3-15,23H,2,16-18H2,1H3,(H,29,33)/t23-/m1/s1. The van der Waals surface area contributed by atoms with E-state index in [9.17, 15) is 22.8 Å². The fraction of sp³-hybridized carbons (Fsp3) is 0.222. The number of likely N-dealkylation sites (N-methyl/N-ethyl adjacent to an activating group) is 1. The molecule has 0 fully saturated rings. The molecule has 0 saturated heterocycles. The number of halogens is 1. The second-order valence-corrected chi connectivity index (χ2v) is 10.8. The van der Waals surface area contributed by atoms with E-state index in [-0.39, 0.29) is 29.3 Å². The lowest BCUT2D eigenvalue weighted by molar-refractivity contribution is -0.141. The molecule has 1 heterocycles. The van der Waals surface area contributed by atoms with E-state index in [2.05, 4.69) is 5.32 Å². The number of nitrogens with one attached hydrogen (secondary N) is 1. The number of hydrogen-bond donors (Lipinski definition) is 1. The summed E-state index contributed by atoms with van der Waals surface area (Å²) in [4.78, 5) is 41.1. The lowest BCUT2D eigenvalue weighted by Crippen LogP contribution is -2.53. The van der Waals surface area contributed by atoms with Gasteiger partial charge in [0.1, 0.15) is 17.5 Å². The summed E-state index contributed by atoms with van der Waals surface area (Å²) in [5.41, 5.74) is 1.49. The molecule has 1 aliphatic rings. The number of fused-ring (bicyclic) bond motifs is 1. The maximum atomic E-state index is 13.8. The maximum absolute atomic E-state index is 13.8. The van der Waals surface area contributed by atoms with Crippen molar-refractivity contribution in [2.24, 2.45) is 0 Å². The molecule has 0 spiro atoms. The van der Waals surface area contributed by atoms with E-state index in [0.29, 0.717) is 21.4 Å². The molecule has 3 aromatic carbocycles. The Balaban J connectivity index is 1.71. The van der Waals surface area contributed by atoms with E-state index in [4.69, 9.17) is 11.6 Å². The van der Waals surface area contributed by atoms with Crippen LogP contribution in [0, 0.1) is 0 Å². The fourth-order valence-electron chi connectivity index (χ4n) is 4.28. The van der Waals surface area contributed by atoms with Crippen LogP contribution in [0.3, 0.4) is 0 Å². The van der Waals surface area contributed by atoms with E-state index in [1.54, 1.807) is 37.3 Å². The van der Waals surface area contributed by atoms with Crippen LogP contribution in [0.25, 0.3) is 0 Å². The van der Waals surface area contributed by atoms with E-state index in [1.165, 1.54) is 23.1 Å². The molecule has 3 amide bonds. The molecular weight excluding hydrogens is 514 g/mol. The first-order valence-corrected chi connectivity index (χ1v) is 13.6. The molecule has 192 valence electrons. The summed E-state index contributed by atoms with van der Waals surface area (Å²) in [6, 6.07) is 20.9. The van der Waals surface area contributed by atoms with Gasteiger partial charge in [-0.25, -0.2) is 12.7 Å². The van der Waals surface area contributed by atoms with Gasteiger partial charge in [-0.15, -0.1) is 0 Å². The largest absolute Gasteiger partial charge is 0.355 e. The van der Waals surface area contributed by atoms with Crippen LogP contribution in [0.5, 0.6) is 0 Å². The Morgan fingerprint density at radius 2 is 1.65 bits per heavy atom. The number of benzene rings is 3. The molecule has 0 bridgehead atoms. The predicted molar refractivity (Wildman–Crippen MR) is 139 cm³/mol. The summed E-state index contributed by atoms with van der Waals surface area (Å²) in [5, 5.41) is 3.23. The Hall–Kier alpha value is -3.69. The summed E-state index contributed by atoms with van der Waals surface area (Å²) < 4.78 is 26.8. The third kappa shape index (κ3) is 5.68. The van der Waals surface area contributed by atoms with Crippen LogP contribution < -0.4 is 5.32 Å². The molecule has 37 heavy (non-hydrogen) atoms. The summed E-state index contributed by atoms with van der Waals surface area (Å²) in [5.74, 6) is -1.85. The van der Waals surface area contributed by atoms with Crippen LogP contribution in [-0.4, -0.2) is 54.5 Å². The number of rotatable bonds is 9. The van der Waals surface area contributed by atoms with Crippen molar-refractivity contribution in [2.45, 2.75) is 30.8 Å². The Morgan fingerprint density at radius 3 is 2.32 bits per heavy atom. The first-order valence-electron chi connectivity index (χ1n) is 11.7. The van der Waals surface area contributed by atoms with Crippen molar-refractivity contribution in [3.8, 4) is 0 Å². The number of sulfonamides is 1. The van der Waals surface area contributed by atoms with Crippen molar-refractivity contribution >= 4 is 39.3 Å². The van der Waals surface area contributed by atoms with Crippen LogP contribution in [0.2, 0.25) is 5.02 Å². The third-order valence-corrected chi connectivity index (χ3v) is 8.08. The zero-order valence-corrected chi connectivity index (χ0v) is 21.7. The first-order chi connectivity index (χ1) is 17.7. The lowest BCUT2D eigenvalue weighted by atomic mass is 10.0. The number of nitrogens with zero attached hydrogens (tertiary/aromatic N) is 2. The second-order valence-electron chi connectivity index (χ2n) is 8.56. The Bertz CT molecular complexity index is 1430. The van der Waals surface area contributed by atoms with Crippen LogP contribution in [-0.2, 0) is 32.6 Å². The molecule has 0 unspecified atom stereocenters. The van der Waals surface area contributed by atoms with E-state index < -0.39 is 34.4 Å². The zero-order valence-electron chi connectivity index (χ0n) is 20.1. The minimum atomic E-state index is -4.20. The van der Waals surface area contributed by atoms with Crippen molar-refractivity contribution < 1.29 is 22.8 Å². The Labute approximate surface area is 220 Å². The molecule has 1 atom stereocenters. The van der Waals surface area contributed by atoms with Gasteiger partial charge in [0.05, 0.1) is 5.56 Å². The van der Waals surface area contributed by atoms with Crippen molar-refractivity contribution in [2.75, 3.05) is 13.1 Å². The molecule has 0 aliphatic carbocycles. The highest BCUT2D eigenvalue weighted by Gasteiger charge is 2.43. The molecule has 0 aromatic heterocycles. The van der Waals surface area contributed by atoms with E-state index in [1.807, 2.05) is 30.3 Å². The summed E-state index contributed by atoms with van der Waals surface area (Å²) >= 11 is 6.16. The minimum Gasteiger partial charge on any atom is -0.355 e. The van der Waals surface area contributed by atoms with Gasteiger partial charge in [0.15, 0.2) is 0 Å². The molecule has 3 aromatic rings. The van der Waals surface area contributed by atoms with Gasteiger partial charge in [0, 0.05) is 24.5 Å². The van der Waals surface area contributed by atoms with Crippen LogP contribution >= 0.6 is 11.6 Å². The molecular formula is C27H26ClN3O5S. The smallest absolute Gasteiger partial charge is 0.269 e. The van der Waals surface area contributed by atoms with Crippen molar-refractivity contribution in [1.29, 1.82) is 0 Å². The number of carbonyl (C=O) groups excluding carboxylic acids is 3. The maximum Gasteiger partial charge on any atom is 0.269 e. The second kappa shape index (κ2) is 11.1. The van der Waals surface area contributed by atoms with Gasteiger partial charge >= 0.3 is 0 Å².